The molecular formula is C35H35FN8O5. The van der Waals surface area contributed by atoms with Crippen molar-refractivity contribution in [1.29, 1.82) is 0 Å². The van der Waals surface area contributed by atoms with E-state index < -0.39 is 5.41 Å². The first kappa shape index (κ1) is 30.1. The molecule has 3 fully saturated rings. The van der Waals surface area contributed by atoms with E-state index in [2.05, 4.69) is 20.4 Å². The molecule has 3 aliphatic carbocycles. The summed E-state index contributed by atoms with van der Waals surface area (Å²) in [5, 5.41) is 18.0. The highest BCUT2D eigenvalue weighted by atomic mass is 19.1. The topological polar surface area (TPSA) is 157 Å². The van der Waals surface area contributed by atoms with Crippen molar-refractivity contribution < 1.29 is 23.8 Å². The number of amides is 2. The van der Waals surface area contributed by atoms with Crippen LogP contribution in [0.5, 0.6) is 5.75 Å². The molecule has 0 unspecified atom stereocenters. The average Bonchev–Trinajstić information content (AvgIpc) is 4.03. The summed E-state index contributed by atoms with van der Waals surface area (Å²) in [5.74, 6) is -0.0647. The minimum absolute atomic E-state index is 0.0331. The molecule has 1 saturated heterocycles. The second-order valence-corrected chi connectivity index (χ2v) is 14.0. The fourth-order valence-electron chi connectivity index (χ4n) is 8.42. The van der Waals surface area contributed by atoms with Gasteiger partial charge in [-0.05, 0) is 80.6 Å². The number of aromatic nitrogens is 6. The molecule has 5 aliphatic rings. The number of ether oxygens (including phenoxy) is 1. The van der Waals surface area contributed by atoms with Gasteiger partial charge in [-0.3, -0.25) is 14.4 Å². The highest BCUT2D eigenvalue weighted by molar-refractivity contribution is 5.95. The maximum absolute atomic E-state index is 14.8. The number of benzene rings is 1. The van der Waals surface area contributed by atoms with Crippen LogP contribution in [0.2, 0.25) is 0 Å². The first-order valence-corrected chi connectivity index (χ1v) is 16.9. The van der Waals surface area contributed by atoms with Gasteiger partial charge in [0.15, 0.2) is 17.3 Å². The normalized spacial score (nSPS) is 22.2. The predicted octanol–water partition coefficient (Wildman–Crippen LogP) is 3.45. The summed E-state index contributed by atoms with van der Waals surface area (Å²) in [6, 6.07) is 4.84. The number of halogens is 1. The zero-order chi connectivity index (χ0) is 33.6. The summed E-state index contributed by atoms with van der Waals surface area (Å²) >= 11 is 0. The molecule has 5 heterocycles. The summed E-state index contributed by atoms with van der Waals surface area (Å²) < 4.78 is 23.5. The molecule has 2 N–H and O–H groups in total. The Morgan fingerprint density at radius 2 is 2.00 bits per heavy atom. The monoisotopic (exact) mass is 666 g/mol. The van der Waals surface area contributed by atoms with Crippen LogP contribution in [0.25, 0.3) is 11.4 Å². The molecule has 13 nitrogen and oxygen atoms in total. The molecule has 0 bridgehead atoms. The molecule has 2 amide bonds. The fourth-order valence-corrected chi connectivity index (χ4v) is 8.42. The third kappa shape index (κ3) is 4.78. The van der Waals surface area contributed by atoms with Gasteiger partial charge in [-0.25, -0.2) is 14.4 Å². The molecule has 49 heavy (non-hydrogen) atoms. The molecule has 252 valence electrons. The van der Waals surface area contributed by atoms with Crippen LogP contribution in [-0.4, -0.2) is 77.3 Å². The molecule has 9 rings (SSSR count). The van der Waals surface area contributed by atoms with Gasteiger partial charge in [0.2, 0.25) is 11.7 Å². The number of piperidine rings is 1. The number of aromatic hydroxyl groups is 1. The molecule has 2 atom stereocenters. The number of rotatable bonds is 6. The van der Waals surface area contributed by atoms with Gasteiger partial charge < -0.3 is 24.6 Å². The fraction of sp³-hybridized carbons (Fsp3) is 0.457. The molecule has 0 radical (unpaired) electrons. The summed E-state index contributed by atoms with van der Waals surface area (Å²) in [5.41, 5.74) is 2.92. The van der Waals surface area contributed by atoms with Gasteiger partial charge in [0.25, 0.3) is 11.5 Å². The zero-order valence-electron chi connectivity index (χ0n) is 27.0. The lowest BCUT2D eigenvalue weighted by molar-refractivity contribution is -0.116. The van der Waals surface area contributed by atoms with Crippen LogP contribution >= 0.6 is 0 Å². The molecule has 1 spiro atoms. The summed E-state index contributed by atoms with van der Waals surface area (Å²) in [6.45, 7) is 3.19. The Hall–Kier alpha value is -4.98. The van der Waals surface area contributed by atoms with Gasteiger partial charge in [0.05, 0.1) is 18.9 Å². The van der Waals surface area contributed by atoms with E-state index in [9.17, 15) is 23.9 Å². The first-order chi connectivity index (χ1) is 23.7. The van der Waals surface area contributed by atoms with E-state index in [1.165, 1.54) is 16.9 Å². The number of nitrogens with one attached hydrogen (secondary N) is 1. The minimum atomic E-state index is -0.504. The number of fused-ring (bicyclic) bond motifs is 6. The maximum atomic E-state index is 14.8. The number of hydrogen-bond acceptors (Lipinski definition) is 9. The minimum Gasteiger partial charge on any atom is -0.504 e. The number of aryl methyl sites for hydroxylation is 1. The van der Waals surface area contributed by atoms with E-state index in [0.29, 0.717) is 79.7 Å². The quantitative estimate of drug-likeness (QED) is 0.315. The molecule has 14 heteroatoms. The van der Waals surface area contributed by atoms with Crippen molar-refractivity contribution in [2.45, 2.75) is 69.2 Å². The van der Waals surface area contributed by atoms with Crippen LogP contribution in [0.3, 0.4) is 0 Å². The number of anilines is 1. The van der Waals surface area contributed by atoms with Gasteiger partial charge >= 0.3 is 0 Å². The van der Waals surface area contributed by atoms with E-state index in [1.54, 1.807) is 24.0 Å². The Morgan fingerprint density at radius 3 is 2.73 bits per heavy atom. The highest BCUT2D eigenvalue weighted by Crippen LogP contribution is 2.67. The number of hydrogen-bond donors (Lipinski definition) is 2. The van der Waals surface area contributed by atoms with Crippen LogP contribution in [0, 0.1) is 18.7 Å². The third-order valence-electron chi connectivity index (χ3n) is 11.1. The maximum Gasteiger partial charge on any atom is 0.279 e. The van der Waals surface area contributed by atoms with Crippen molar-refractivity contribution in [3.05, 3.63) is 80.8 Å². The molecule has 1 aromatic carbocycles. The van der Waals surface area contributed by atoms with Crippen molar-refractivity contribution in [3.8, 4) is 5.75 Å². The van der Waals surface area contributed by atoms with E-state index in [0.717, 1.165) is 30.5 Å². The van der Waals surface area contributed by atoms with E-state index in [-0.39, 0.29) is 58.9 Å². The van der Waals surface area contributed by atoms with Crippen molar-refractivity contribution >= 4 is 28.9 Å². The second-order valence-electron chi connectivity index (χ2n) is 14.0. The molecule has 4 aromatic rings. The standard InChI is InChI=1S/C35H35FN8O5/c1-18-30(46)28(38-17-37-18)33(48)42-10-8-35(9-11-42)24-15-23(24)29-27(35)32(47)44-34(40-31(41-44)20-6-12-49-13-7-20)43(29)16-26(45)39-21-4-5-22(19-2-3-19)25(36)14-21/h4-6,14,17,19,23-24,46H,2-3,7-13,15-16H2,1H3,(H,39,45)/t23-,24+/m0/s1. The van der Waals surface area contributed by atoms with Crippen LogP contribution in [0.4, 0.5) is 10.1 Å². The van der Waals surface area contributed by atoms with Crippen LogP contribution in [-0.2, 0) is 21.5 Å². The van der Waals surface area contributed by atoms with Crippen molar-refractivity contribution in [1.82, 2.24) is 34.0 Å². The van der Waals surface area contributed by atoms with E-state index in [4.69, 9.17) is 9.72 Å². The van der Waals surface area contributed by atoms with Crippen LogP contribution in [0.1, 0.15) is 89.2 Å². The zero-order valence-corrected chi connectivity index (χ0v) is 27.0. The van der Waals surface area contributed by atoms with E-state index >= 15 is 0 Å². The Labute approximate surface area is 279 Å². The van der Waals surface area contributed by atoms with E-state index in [1.807, 2.05) is 10.6 Å². The van der Waals surface area contributed by atoms with Gasteiger partial charge in [0.1, 0.15) is 18.7 Å². The average molecular weight is 667 g/mol. The van der Waals surface area contributed by atoms with Crippen molar-refractivity contribution in [3.63, 3.8) is 0 Å². The Morgan fingerprint density at radius 1 is 1.18 bits per heavy atom. The number of likely N-dealkylation sites (tertiary alicyclic amines) is 1. The van der Waals surface area contributed by atoms with Crippen molar-refractivity contribution in [2.75, 3.05) is 31.6 Å². The van der Waals surface area contributed by atoms with Gasteiger partial charge in [-0.1, -0.05) is 12.1 Å². The Bertz CT molecular complexity index is 2160. The number of carbonyl (C=O) groups is 2. The SMILES string of the molecule is Cc1ncnc(C(=O)N2CCC3(CC2)c2c(n(CC(=O)Nc4ccc(C5CC5)c(F)c4)c4nc(C5=CCOCC5)nn4c2=O)[C@H]2C[C@H]23)c1O. The smallest absolute Gasteiger partial charge is 0.279 e. The molecule has 2 aliphatic heterocycles. The van der Waals surface area contributed by atoms with Crippen LogP contribution < -0.4 is 10.9 Å². The molecular weight excluding hydrogens is 631 g/mol. The van der Waals surface area contributed by atoms with Gasteiger partial charge in [0, 0.05) is 41.4 Å². The predicted molar refractivity (Wildman–Crippen MR) is 174 cm³/mol. The largest absolute Gasteiger partial charge is 0.504 e. The third-order valence-corrected chi connectivity index (χ3v) is 11.1. The first-order valence-electron chi connectivity index (χ1n) is 16.9. The van der Waals surface area contributed by atoms with Gasteiger partial charge in [-0.2, -0.15) is 9.50 Å². The summed E-state index contributed by atoms with van der Waals surface area (Å²) in [4.78, 5) is 56.0. The van der Waals surface area contributed by atoms with Gasteiger partial charge in [-0.15, -0.1) is 5.10 Å². The lowest BCUT2D eigenvalue weighted by Gasteiger charge is -2.41. The number of carbonyl (C=O) groups excluding carboxylic acids is 2. The van der Waals surface area contributed by atoms with Crippen molar-refractivity contribution in [2.24, 2.45) is 5.92 Å². The highest BCUT2D eigenvalue weighted by Gasteiger charge is 2.64. The Kier molecular flexibility index (Phi) is 6.77. The lowest BCUT2D eigenvalue weighted by atomic mass is 9.71. The summed E-state index contributed by atoms with van der Waals surface area (Å²) in [6.07, 6.45) is 7.68. The number of nitrogens with zero attached hydrogens (tertiary/aromatic N) is 7. The molecule has 2 saturated carbocycles. The molecule has 3 aromatic heterocycles. The second kappa shape index (κ2) is 11.0. The summed E-state index contributed by atoms with van der Waals surface area (Å²) in [7, 11) is 0. The lowest BCUT2D eigenvalue weighted by Crippen LogP contribution is -2.48. The Balaban J connectivity index is 1.08. The van der Waals surface area contributed by atoms with Crippen LogP contribution in [0.15, 0.2) is 35.4 Å².